The van der Waals surface area contributed by atoms with E-state index in [1.165, 1.54) is 29.0 Å². The van der Waals surface area contributed by atoms with Crippen molar-refractivity contribution in [3.05, 3.63) is 64.2 Å². The third kappa shape index (κ3) is 6.91. The van der Waals surface area contributed by atoms with Crippen LogP contribution in [-0.4, -0.2) is 22.6 Å². The van der Waals surface area contributed by atoms with Crippen LogP contribution in [-0.2, 0) is 11.2 Å². The van der Waals surface area contributed by atoms with E-state index in [1.807, 2.05) is 12.4 Å². The summed E-state index contributed by atoms with van der Waals surface area (Å²) in [5, 5.41) is 12.5. The number of halogens is 1. The summed E-state index contributed by atoms with van der Waals surface area (Å²) in [6, 6.07) is 7.37. The Labute approximate surface area is 172 Å². The average molecular weight is 402 g/mol. The lowest BCUT2D eigenvalue weighted by atomic mass is 9.90. The van der Waals surface area contributed by atoms with Gasteiger partial charge in [-0.15, -0.1) is 0 Å². The molecule has 2 aromatic rings. The molecule has 0 radical (unpaired) electrons. The quantitative estimate of drug-likeness (QED) is 0.315. The Morgan fingerprint density at radius 2 is 1.86 bits per heavy atom. The fraction of sp³-hybridized carbons (Fsp3) is 0.478. The zero-order valence-electron chi connectivity index (χ0n) is 17.8. The van der Waals surface area contributed by atoms with Gasteiger partial charge in [-0.25, -0.2) is 9.87 Å². The number of rotatable bonds is 10. The van der Waals surface area contributed by atoms with Crippen molar-refractivity contribution >= 4 is 5.91 Å². The van der Waals surface area contributed by atoms with Gasteiger partial charge in [0.05, 0.1) is 11.9 Å². The molecule has 2 atom stereocenters. The maximum atomic E-state index is 13.0. The molecule has 0 aliphatic carbocycles. The number of benzene rings is 1. The minimum absolute atomic E-state index is 0.0330. The first-order chi connectivity index (χ1) is 13.8. The number of hydroxylamine groups is 1. The van der Waals surface area contributed by atoms with Gasteiger partial charge in [-0.2, -0.15) is 0 Å². The predicted octanol–water partition coefficient (Wildman–Crippen LogP) is 4.33. The highest BCUT2D eigenvalue weighted by Crippen LogP contribution is 2.21. The molecule has 1 heterocycles. The van der Waals surface area contributed by atoms with Gasteiger partial charge in [0.2, 0.25) is 5.91 Å². The molecule has 0 spiro atoms. The molecule has 0 unspecified atom stereocenters. The topological polar surface area (TPSA) is 74.2 Å². The van der Waals surface area contributed by atoms with Crippen molar-refractivity contribution in [2.75, 3.05) is 6.54 Å². The van der Waals surface area contributed by atoms with E-state index < -0.39 is 0 Å². The lowest BCUT2D eigenvalue weighted by Gasteiger charge is -2.17. The Kier molecular flexibility index (Phi) is 8.73. The standard InChI is InChI=1S/C23H32FN3O2/c1-15-11-19(12-16(2)17(15)3)13-20(23(28)27-29)7-5-6-10-25-18(4)22-9-8-21(24)14-26-22/h8-9,11-12,14,18,20,25,29H,5-7,10,13H2,1-4H3,(H,27,28)/t18-,20-/m0/s1. The third-order valence-electron chi connectivity index (χ3n) is 5.57. The number of carbonyl (C=O) groups is 1. The average Bonchev–Trinajstić information content (AvgIpc) is 2.70. The summed E-state index contributed by atoms with van der Waals surface area (Å²) in [7, 11) is 0. The van der Waals surface area contributed by atoms with Gasteiger partial charge in [0.25, 0.3) is 0 Å². The van der Waals surface area contributed by atoms with Gasteiger partial charge in [-0.3, -0.25) is 15.0 Å². The molecule has 1 aromatic heterocycles. The predicted molar refractivity (Wildman–Crippen MR) is 112 cm³/mol. The summed E-state index contributed by atoms with van der Waals surface area (Å²) in [5.74, 6) is -0.941. The highest BCUT2D eigenvalue weighted by molar-refractivity contribution is 5.77. The third-order valence-corrected chi connectivity index (χ3v) is 5.57. The Morgan fingerprint density at radius 1 is 1.17 bits per heavy atom. The van der Waals surface area contributed by atoms with Crippen LogP contribution in [0.5, 0.6) is 0 Å². The molecule has 0 bridgehead atoms. The fourth-order valence-corrected chi connectivity index (χ4v) is 3.53. The number of unbranched alkanes of at least 4 members (excludes halogenated alkanes) is 1. The molecule has 2 rings (SSSR count). The maximum absolute atomic E-state index is 13.0. The lowest BCUT2D eigenvalue weighted by molar-refractivity contribution is -0.133. The second-order valence-corrected chi connectivity index (χ2v) is 7.80. The molecule has 0 saturated heterocycles. The lowest BCUT2D eigenvalue weighted by Crippen LogP contribution is -2.29. The molecule has 6 heteroatoms. The van der Waals surface area contributed by atoms with Crippen LogP contribution in [0.2, 0.25) is 0 Å². The SMILES string of the molecule is Cc1cc(C[C@H](CCCCN[C@@H](C)c2ccc(F)cn2)C(=O)NO)cc(C)c1C. The van der Waals surface area contributed by atoms with Crippen LogP contribution in [0.1, 0.15) is 60.2 Å². The molecule has 0 fully saturated rings. The largest absolute Gasteiger partial charge is 0.309 e. The molecular weight excluding hydrogens is 369 g/mol. The first-order valence-electron chi connectivity index (χ1n) is 10.2. The van der Waals surface area contributed by atoms with E-state index in [9.17, 15) is 9.18 Å². The molecule has 1 amide bonds. The first-order valence-corrected chi connectivity index (χ1v) is 10.2. The van der Waals surface area contributed by atoms with Gasteiger partial charge < -0.3 is 5.32 Å². The van der Waals surface area contributed by atoms with Crippen LogP contribution in [0.3, 0.4) is 0 Å². The van der Waals surface area contributed by atoms with Gasteiger partial charge >= 0.3 is 0 Å². The van der Waals surface area contributed by atoms with Crippen molar-refractivity contribution < 1.29 is 14.4 Å². The van der Waals surface area contributed by atoms with E-state index in [2.05, 4.69) is 43.2 Å². The zero-order valence-corrected chi connectivity index (χ0v) is 17.8. The van der Waals surface area contributed by atoms with Gasteiger partial charge in [0.1, 0.15) is 5.82 Å². The van der Waals surface area contributed by atoms with Crippen molar-refractivity contribution in [1.29, 1.82) is 0 Å². The summed E-state index contributed by atoms with van der Waals surface area (Å²) in [6.07, 6.45) is 4.28. The number of amides is 1. The smallest absolute Gasteiger partial charge is 0.246 e. The highest BCUT2D eigenvalue weighted by atomic mass is 19.1. The molecule has 0 saturated carbocycles. The van der Waals surface area contributed by atoms with E-state index in [-0.39, 0.29) is 23.7 Å². The fourth-order valence-electron chi connectivity index (χ4n) is 3.53. The van der Waals surface area contributed by atoms with E-state index in [0.717, 1.165) is 30.6 Å². The molecular formula is C23H32FN3O2. The van der Waals surface area contributed by atoms with Crippen LogP contribution in [0.15, 0.2) is 30.5 Å². The minimum Gasteiger partial charge on any atom is -0.309 e. The Bertz CT molecular complexity index is 785. The van der Waals surface area contributed by atoms with Crippen molar-refractivity contribution in [1.82, 2.24) is 15.8 Å². The monoisotopic (exact) mass is 401 g/mol. The molecule has 0 aliphatic heterocycles. The number of carbonyl (C=O) groups excluding carboxylic acids is 1. The van der Waals surface area contributed by atoms with Crippen molar-refractivity contribution in [3.8, 4) is 0 Å². The molecule has 29 heavy (non-hydrogen) atoms. The second-order valence-electron chi connectivity index (χ2n) is 7.80. The van der Waals surface area contributed by atoms with Gasteiger partial charge in [0.15, 0.2) is 0 Å². The molecule has 0 aliphatic rings. The highest BCUT2D eigenvalue weighted by Gasteiger charge is 2.19. The van der Waals surface area contributed by atoms with Gasteiger partial charge in [-0.05, 0) is 87.9 Å². The molecule has 1 aromatic carbocycles. The number of hydrogen-bond acceptors (Lipinski definition) is 4. The van der Waals surface area contributed by atoms with Crippen molar-refractivity contribution in [3.63, 3.8) is 0 Å². The van der Waals surface area contributed by atoms with E-state index in [4.69, 9.17) is 5.21 Å². The maximum Gasteiger partial charge on any atom is 0.246 e. The number of nitrogens with zero attached hydrogens (tertiary/aromatic N) is 1. The Morgan fingerprint density at radius 3 is 2.45 bits per heavy atom. The number of nitrogens with one attached hydrogen (secondary N) is 2. The number of aromatic nitrogens is 1. The molecule has 158 valence electrons. The van der Waals surface area contributed by atoms with Crippen molar-refractivity contribution in [2.24, 2.45) is 5.92 Å². The van der Waals surface area contributed by atoms with E-state index >= 15 is 0 Å². The van der Waals surface area contributed by atoms with E-state index in [1.54, 1.807) is 6.07 Å². The Balaban J connectivity index is 1.83. The summed E-state index contributed by atoms with van der Waals surface area (Å²) < 4.78 is 13.0. The van der Waals surface area contributed by atoms with Gasteiger partial charge in [0, 0.05) is 12.0 Å². The first kappa shape index (κ1) is 23.0. The van der Waals surface area contributed by atoms with Gasteiger partial charge in [-0.1, -0.05) is 18.6 Å². The molecule has 3 N–H and O–H groups in total. The van der Waals surface area contributed by atoms with Crippen LogP contribution in [0, 0.1) is 32.5 Å². The zero-order chi connectivity index (χ0) is 21.4. The van der Waals surface area contributed by atoms with Crippen LogP contribution < -0.4 is 10.8 Å². The van der Waals surface area contributed by atoms with Crippen molar-refractivity contribution in [2.45, 2.75) is 59.4 Å². The number of aryl methyl sites for hydroxylation is 2. The summed E-state index contributed by atoms with van der Waals surface area (Å²) in [6.45, 7) is 9.02. The normalized spacial score (nSPS) is 13.2. The summed E-state index contributed by atoms with van der Waals surface area (Å²) >= 11 is 0. The Hall–Kier alpha value is -2.31. The van der Waals surface area contributed by atoms with Crippen LogP contribution in [0.25, 0.3) is 0 Å². The number of hydrogen-bond donors (Lipinski definition) is 3. The van der Waals surface area contributed by atoms with Crippen LogP contribution >= 0.6 is 0 Å². The number of pyridine rings is 1. The summed E-state index contributed by atoms with van der Waals surface area (Å²) in [5.41, 5.74) is 7.44. The van der Waals surface area contributed by atoms with E-state index in [0.29, 0.717) is 12.8 Å². The molecule has 5 nitrogen and oxygen atoms in total. The minimum atomic E-state index is -0.340. The summed E-state index contributed by atoms with van der Waals surface area (Å²) in [4.78, 5) is 16.2. The second kappa shape index (κ2) is 11.0. The van der Waals surface area contributed by atoms with Crippen LogP contribution in [0.4, 0.5) is 4.39 Å².